The maximum Gasteiger partial charge on any atom is 0.168 e. The Kier molecular flexibility index (Phi) is 4.85. The molecule has 2 aliphatic rings. The second kappa shape index (κ2) is 6.66. The average Bonchev–Trinajstić information content (AvgIpc) is 2.96. The predicted molar refractivity (Wildman–Crippen MR) is 84.5 cm³/mol. The molecule has 3 nitrogen and oxygen atoms in total. The Morgan fingerprint density at radius 2 is 1.81 bits per heavy atom. The van der Waals surface area contributed by atoms with Crippen molar-refractivity contribution in [3.8, 4) is 0 Å². The molecule has 3 rings (SSSR count). The lowest BCUT2D eigenvalue weighted by Gasteiger charge is -2.37. The van der Waals surface area contributed by atoms with E-state index >= 15 is 0 Å². The summed E-state index contributed by atoms with van der Waals surface area (Å²) < 4.78 is 11.6. The van der Waals surface area contributed by atoms with Crippen LogP contribution < -0.4 is 5.32 Å². The molecule has 0 radical (unpaired) electrons. The van der Waals surface area contributed by atoms with Crippen molar-refractivity contribution in [2.75, 3.05) is 13.2 Å². The van der Waals surface area contributed by atoms with Gasteiger partial charge in [-0.1, -0.05) is 30.7 Å². The Labute approximate surface area is 132 Å². The van der Waals surface area contributed by atoms with Crippen LogP contribution in [0.2, 0.25) is 5.02 Å². The molecule has 1 aromatic rings. The third kappa shape index (κ3) is 3.59. The van der Waals surface area contributed by atoms with Crippen LogP contribution in [0.3, 0.4) is 0 Å². The first-order valence-electron chi connectivity index (χ1n) is 8.00. The topological polar surface area (TPSA) is 30.5 Å². The number of ether oxygens (including phenoxy) is 2. The van der Waals surface area contributed by atoms with Crippen LogP contribution in [0, 0.1) is 0 Å². The van der Waals surface area contributed by atoms with Gasteiger partial charge in [0.05, 0.1) is 13.2 Å². The van der Waals surface area contributed by atoms with Gasteiger partial charge in [0.2, 0.25) is 0 Å². The summed E-state index contributed by atoms with van der Waals surface area (Å²) in [5, 5.41) is 4.59. The molecule has 1 saturated carbocycles. The summed E-state index contributed by atoms with van der Waals surface area (Å²) in [7, 11) is 0. The summed E-state index contributed by atoms with van der Waals surface area (Å²) in [5.74, 6) is -0.264. The van der Waals surface area contributed by atoms with Crippen molar-refractivity contribution in [1.29, 1.82) is 0 Å². The lowest BCUT2D eigenvalue weighted by molar-refractivity contribution is -0.179. The van der Waals surface area contributed by atoms with E-state index < -0.39 is 0 Å². The summed E-state index contributed by atoms with van der Waals surface area (Å²) in [6.45, 7) is 3.72. The first-order valence-corrected chi connectivity index (χ1v) is 8.38. The number of hydrogen-bond acceptors (Lipinski definition) is 3. The SMILES string of the molecule is CCC(NC1CCC2(CC1)OCCO2)c1ccc(Cl)cc1. The van der Waals surface area contributed by atoms with Gasteiger partial charge in [-0.05, 0) is 37.0 Å². The van der Waals surface area contributed by atoms with Crippen LogP contribution in [0.15, 0.2) is 24.3 Å². The third-order valence-electron chi connectivity index (χ3n) is 4.68. The zero-order valence-corrected chi connectivity index (χ0v) is 13.4. The van der Waals surface area contributed by atoms with E-state index in [1.165, 1.54) is 5.56 Å². The lowest BCUT2D eigenvalue weighted by atomic mass is 9.89. The highest BCUT2D eigenvalue weighted by atomic mass is 35.5. The van der Waals surface area contributed by atoms with Crippen LogP contribution in [-0.4, -0.2) is 25.0 Å². The number of benzene rings is 1. The van der Waals surface area contributed by atoms with Gasteiger partial charge >= 0.3 is 0 Å². The Morgan fingerprint density at radius 3 is 2.38 bits per heavy atom. The van der Waals surface area contributed by atoms with Gasteiger partial charge in [0, 0.05) is 29.9 Å². The monoisotopic (exact) mass is 309 g/mol. The molecule has 4 heteroatoms. The van der Waals surface area contributed by atoms with Gasteiger partial charge in [-0.2, -0.15) is 0 Å². The van der Waals surface area contributed by atoms with Crippen molar-refractivity contribution < 1.29 is 9.47 Å². The van der Waals surface area contributed by atoms with E-state index in [9.17, 15) is 0 Å². The van der Waals surface area contributed by atoms with Crippen molar-refractivity contribution in [1.82, 2.24) is 5.32 Å². The highest BCUT2D eigenvalue weighted by Gasteiger charge is 2.40. The van der Waals surface area contributed by atoms with E-state index in [0.717, 1.165) is 50.3 Å². The molecule has 21 heavy (non-hydrogen) atoms. The molecule has 0 bridgehead atoms. The molecular weight excluding hydrogens is 286 g/mol. The van der Waals surface area contributed by atoms with Gasteiger partial charge in [0.25, 0.3) is 0 Å². The van der Waals surface area contributed by atoms with Crippen LogP contribution in [-0.2, 0) is 9.47 Å². The van der Waals surface area contributed by atoms with Gasteiger partial charge in [-0.25, -0.2) is 0 Å². The molecule has 1 aliphatic heterocycles. The van der Waals surface area contributed by atoms with E-state index in [1.54, 1.807) is 0 Å². The maximum absolute atomic E-state index is 5.97. The van der Waals surface area contributed by atoms with Gasteiger partial charge in [0.15, 0.2) is 5.79 Å². The first kappa shape index (κ1) is 15.3. The number of nitrogens with one attached hydrogen (secondary N) is 1. The van der Waals surface area contributed by atoms with Gasteiger partial charge in [-0.15, -0.1) is 0 Å². The minimum Gasteiger partial charge on any atom is -0.348 e. The molecule has 0 amide bonds. The Morgan fingerprint density at radius 1 is 1.19 bits per heavy atom. The van der Waals surface area contributed by atoms with Gasteiger partial charge in [0.1, 0.15) is 0 Å². The van der Waals surface area contributed by atoms with E-state index in [4.69, 9.17) is 21.1 Å². The lowest BCUT2D eigenvalue weighted by Crippen LogP contribution is -2.43. The smallest absolute Gasteiger partial charge is 0.168 e. The molecule has 2 fully saturated rings. The minimum absolute atomic E-state index is 0.264. The summed E-state index contributed by atoms with van der Waals surface area (Å²) in [6.07, 6.45) is 5.31. The normalized spacial score (nSPS) is 23.5. The van der Waals surface area contributed by atoms with Crippen LogP contribution >= 0.6 is 11.6 Å². The Bertz CT molecular complexity index is 446. The van der Waals surface area contributed by atoms with Gasteiger partial charge < -0.3 is 14.8 Å². The molecule has 1 heterocycles. The predicted octanol–water partition coefficient (Wildman–Crippen LogP) is 4.07. The molecule has 1 unspecified atom stereocenters. The van der Waals surface area contributed by atoms with E-state index in [2.05, 4.69) is 24.4 Å². The maximum atomic E-state index is 5.97. The third-order valence-corrected chi connectivity index (χ3v) is 4.93. The molecule has 1 N–H and O–H groups in total. The fourth-order valence-corrected chi connectivity index (χ4v) is 3.57. The van der Waals surface area contributed by atoms with Crippen molar-refractivity contribution >= 4 is 11.6 Å². The first-order chi connectivity index (χ1) is 10.2. The van der Waals surface area contributed by atoms with Gasteiger partial charge in [-0.3, -0.25) is 0 Å². The molecule has 1 spiro atoms. The second-order valence-electron chi connectivity index (χ2n) is 6.06. The number of halogens is 1. The van der Waals surface area contributed by atoms with Crippen molar-refractivity contribution in [2.24, 2.45) is 0 Å². The fraction of sp³-hybridized carbons (Fsp3) is 0.647. The largest absolute Gasteiger partial charge is 0.348 e. The zero-order valence-electron chi connectivity index (χ0n) is 12.6. The molecule has 116 valence electrons. The van der Waals surface area contributed by atoms with Crippen LogP contribution in [0.5, 0.6) is 0 Å². The number of hydrogen-bond donors (Lipinski definition) is 1. The Balaban J connectivity index is 1.56. The van der Waals surface area contributed by atoms with Crippen molar-refractivity contribution in [3.05, 3.63) is 34.9 Å². The molecule has 1 aliphatic carbocycles. The molecule has 1 atom stereocenters. The van der Waals surface area contributed by atoms with Crippen LogP contribution in [0.4, 0.5) is 0 Å². The number of rotatable bonds is 4. The highest BCUT2D eigenvalue weighted by molar-refractivity contribution is 6.30. The molecule has 1 saturated heterocycles. The van der Waals surface area contributed by atoms with E-state index in [1.807, 2.05) is 12.1 Å². The minimum atomic E-state index is -0.264. The highest BCUT2D eigenvalue weighted by Crippen LogP contribution is 2.36. The van der Waals surface area contributed by atoms with E-state index in [0.29, 0.717) is 12.1 Å². The van der Waals surface area contributed by atoms with Crippen LogP contribution in [0.25, 0.3) is 0 Å². The summed E-state index contributed by atoms with van der Waals surface area (Å²) in [6, 6.07) is 9.12. The molecule has 1 aromatic carbocycles. The standard InChI is InChI=1S/C17H24ClNO2/c1-2-16(13-3-5-14(18)6-4-13)19-15-7-9-17(10-8-15)20-11-12-21-17/h3-6,15-16,19H,2,7-12H2,1H3. The van der Waals surface area contributed by atoms with Crippen molar-refractivity contribution in [3.63, 3.8) is 0 Å². The summed E-state index contributed by atoms with van der Waals surface area (Å²) in [4.78, 5) is 0. The molecule has 0 aromatic heterocycles. The second-order valence-corrected chi connectivity index (χ2v) is 6.50. The zero-order chi connectivity index (χ0) is 14.7. The average molecular weight is 310 g/mol. The quantitative estimate of drug-likeness (QED) is 0.909. The van der Waals surface area contributed by atoms with Crippen molar-refractivity contribution in [2.45, 2.75) is 56.9 Å². The fourth-order valence-electron chi connectivity index (χ4n) is 3.44. The Hall–Kier alpha value is -0.610. The van der Waals surface area contributed by atoms with E-state index in [-0.39, 0.29) is 5.79 Å². The molecular formula is C17H24ClNO2. The summed E-state index contributed by atoms with van der Waals surface area (Å²) in [5.41, 5.74) is 1.32. The summed E-state index contributed by atoms with van der Waals surface area (Å²) >= 11 is 5.97. The van der Waals surface area contributed by atoms with Crippen LogP contribution in [0.1, 0.15) is 50.6 Å².